The van der Waals surface area contributed by atoms with Gasteiger partial charge in [-0.25, -0.2) is 0 Å². The highest BCUT2D eigenvalue weighted by Crippen LogP contribution is 2.58. The molecular formula is C94H68O7. The topological polar surface area (TPSA) is 88.1 Å². The molecule has 0 N–H and O–H groups in total. The van der Waals surface area contributed by atoms with Gasteiger partial charge in [0.15, 0.2) is 0 Å². The van der Waals surface area contributed by atoms with Gasteiger partial charge < -0.3 is 18.9 Å². The maximum atomic E-state index is 12.8. The van der Waals surface area contributed by atoms with Gasteiger partial charge in [-0.05, 0) is 233 Å². The van der Waals surface area contributed by atoms with Crippen molar-refractivity contribution in [2.24, 2.45) is 0 Å². The summed E-state index contributed by atoms with van der Waals surface area (Å²) in [6.45, 7) is 8.50. The Balaban J connectivity index is 1.20. The number of ether oxygens (including phenoxy) is 4. The van der Waals surface area contributed by atoms with Crippen LogP contribution in [0.3, 0.4) is 0 Å². The molecule has 101 heavy (non-hydrogen) atoms. The smallest absolute Gasteiger partial charge is 0.308 e. The van der Waals surface area contributed by atoms with E-state index in [9.17, 15) is 14.4 Å². The minimum absolute atomic E-state index is 0.405. The molecule has 0 atom stereocenters. The van der Waals surface area contributed by atoms with Crippen LogP contribution in [0.1, 0.15) is 43.0 Å². The van der Waals surface area contributed by atoms with Crippen molar-refractivity contribution in [3.05, 3.63) is 344 Å². The van der Waals surface area contributed by atoms with Crippen LogP contribution in [0.4, 0.5) is 0 Å². The van der Waals surface area contributed by atoms with Crippen LogP contribution < -0.4 is 18.9 Å². The highest BCUT2D eigenvalue weighted by molar-refractivity contribution is 6.16. The van der Waals surface area contributed by atoms with E-state index < -0.39 is 17.9 Å². The van der Waals surface area contributed by atoms with E-state index in [1.165, 1.54) is 20.8 Å². The summed E-state index contributed by atoms with van der Waals surface area (Å²) in [5.41, 5.74) is 24.5. The highest BCUT2D eigenvalue weighted by atomic mass is 16.5. The van der Waals surface area contributed by atoms with E-state index in [0.717, 1.165) is 139 Å². The van der Waals surface area contributed by atoms with Gasteiger partial charge in [0.2, 0.25) is 0 Å². The predicted octanol–water partition coefficient (Wildman–Crippen LogP) is 23.6. The van der Waals surface area contributed by atoms with E-state index in [0.29, 0.717) is 34.1 Å². The van der Waals surface area contributed by atoms with Crippen molar-refractivity contribution in [3.8, 4) is 163 Å². The molecule has 486 valence electrons. The molecule has 14 aromatic rings. The lowest BCUT2D eigenvalue weighted by molar-refractivity contribution is -0.132. The molecular weight excluding hydrogens is 1240 g/mol. The summed E-state index contributed by atoms with van der Waals surface area (Å²) >= 11 is 0. The molecule has 0 aliphatic heterocycles. The molecule has 0 spiro atoms. The van der Waals surface area contributed by atoms with Gasteiger partial charge >= 0.3 is 17.9 Å². The molecule has 0 aromatic heterocycles. The van der Waals surface area contributed by atoms with Crippen LogP contribution in [0.2, 0.25) is 0 Å². The Morgan fingerprint density at radius 3 is 0.752 bits per heavy atom. The van der Waals surface area contributed by atoms with Crippen molar-refractivity contribution >= 4 is 17.9 Å². The molecule has 14 aromatic carbocycles. The van der Waals surface area contributed by atoms with Crippen LogP contribution in [0.15, 0.2) is 322 Å². The fourth-order valence-corrected chi connectivity index (χ4v) is 13.6. The molecule has 7 heteroatoms. The molecule has 0 bridgehead atoms. The Bertz CT molecular complexity index is 5410. The van der Waals surface area contributed by atoms with Crippen LogP contribution >= 0.6 is 0 Å². The maximum absolute atomic E-state index is 12.8. The number of aryl methyl sites for hydroxylation is 1. The Hall–Kier alpha value is -13.2. The minimum atomic E-state index is -0.429. The van der Waals surface area contributed by atoms with Gasteiger partial charge in [-0.15, -0.1) is 0 Å². The molecule has 0 fully saturated rings. The number of hydrogen-bond donors (Lipinski definition) is 0. The lowest BCUT2D eigenvalue weighted by Crippen LogP contribution is -2.04. The van der Waals surface area contributed by atoms with E-state index in [4.69, 9.17) is 18.9 Å². The van der Waals surface area contributed by atoms with Crippen LogP contribution in [-0.2, 0) is 14.4 Å². The van der Waals surface area contributed by atoms with E-state index in [1.54, 1.807) is 12.1 Å². The monoisotopic (exact) mass is 1310 g/mol. The summed E-state index contributed by atoms with van der Waals surface area (Å²) in [6, 6.07) is 110. The zero-order valence-corrected chi connectivity index (χ0v) is 56.5. The minimum Gasteiger partial charge on any atom is -0.457 e. The maximum Gasteiger partial charge on any atom is 0.308 e. The standard InChI is InChI=1S/C94H68O7/c1-61-36-48-82(49-37-61)101-83-56-46-75(47-57-83)91-88(71-30-18-9-19-31-71)90(73-34-22-11-23-35-73)94(92(89(91)72-32-20-10-21-33-72)76-44-54-81(55-45-76)100-65(5)97)78-59-67(39-38-66-40-50-79(51-41-66)98-63(3)95)58-77(60-78)93-86(70-28-16-8-17-29-70)84(68-24-12-6-13-25-68)62(2)85(69-26-14-7-15-27-69)87(93)74-42-52-80(53-43-74)99-64(4)96/h6-37,40-60H,1-5H3. The summed E-state index contributed by atoms with van der Waals surface area (Å²) < 4.78 is 23.7. The van der Waals surface area contributed by atoms with E-state index in [1.807, 2.05) is 97.1 Å². The summed E-state index contributed by atoms with van der Waals surface area (Å²) in [7, 11) is 0. The van der Waals surface area contributed by atoms with Crippen molar-refractivity contribution < 1.29 is 33.3 Å². The van der Waals surface area contributed by atoms with E-state index in [2.05, 4.69) is 238 Å². The SMILES string of the molecule is CC(=O)Oc1ccc(C#Cc2cc(-c3c(-c4ccccc4)c(-c4ccccc4)c(C)c(-c4ccccc4)c3-c3ccc(OC(C)=O)cc3)cc(-c3c(-c4ccccc4)c(-c4ccccc4)c(-c4ccc(Oc5ccc(C)cc5)cc4)c(-c4ccccc4)c3-c3ccc(OC(C)=O)cc3)c2)cc1. The largest absolute Gasteiger partial charge is 0.457 e. The molecule has 0 saturated carbocycles. The molecule has 0 amide bonds. The van der Waals surface area contributed by atoms with Crippen LogP contribution in [0.25, 0.3) is 122 Å². The number of carbonyl (C=O) groups is 3. The molecule has 0 aliphatic rings. The average molecular weight is 1310 g/mol. The number of hydrogen-bond acceptors (Lipinski definition) is 7. The van der Waals surface area contributed by atoms with Crippen molar-refractivity contribution in [3.63, 3.8) is 0 Å². The Labute approximate surface area is 589 Å². The number of carbonyl (C=O) groups excluding carboxylic acids is 3. The van der Waals surface area contributed by atoms with Gasteiger partial charge in [-0.3, -0.25) is 14.4 Å². The first-order valence-corrected chi connectivity index (χ1v) is 33.5. The first-order chi connectivity index (χ1) is 49.4. The van der Waals surface area contributed by atoms with Crippen LogP contribution in [0.5, 0.6) is 28.7 Å². The zero-order valence-electron chi connectivity index (χ0n) is 56.5. The van der Waals surface area contributed by atoms with Gasteiger partial charge in [-0.1, -0.05) is 248 Å². The first-order valence-electron chi connectivity index (χ1n) is 33.5. The summed E-state index contributed by atoms with van der Waals surface area (Å²) in [4.78, 5) is 37.6. The van der Waals surface area contributed by atoms with Crippen molar-refractivity contribution in [1.29, 1.82) is 0 Å². The second kappa shape index (κ2) is 29.3. The normalized spacial score (nSPS) is 10.9. The van der Waals surface area contributed by atoms with E-state index >= 15 is 0 Å². The number of esters is 3. The lowest BCUT2D eigenvalue weighted by atomic mass is 9.73. The number of rotatable bonds is 16. The third kappa shape index (κ3) is 14.2. The first kappa shape index (κ1) is 65.2. The quantitative estimate of drug-likeness (QED) is 0.0541. The number of benzene rings is 14. The van der Waals surface area contributed by atoms with Gasteiger partial charge in [0.25, 0.3) is 0 Å². The predicted molar refractivity (Wildman–Crippen MR) is 409 cm³/mol. The highest BCUT2D eigenvalue weighted by Gasteiger charge is 2.32. The molecule has 0 unspecified atom stereocenters. The second-order valence-electron chi connectivity index (χ2n) is 24.8. The molecule has 0 aliphatic carbocycles. The van der Waals surface area contributed by atoms with Crippen molar-refractivity contribution in [2.45, 2.75) is 34.6 Å². The van der Waals surface area contributed by atoms with Gasteiger partial charge in [0.05, 0.1) is 0 Å². The molecule has 7 nitrogen and oxygen atoms in total. The van der Waals surface area contributed by atoms with Gasteiger partial charge in [0, 0.05) is 31.9 Å². The van der Waals surface area contributed by atoms with Crippen LogP contribution in [0, 0.1) is 25.7 Å². The van der Waals surface area contributed by atoms with Gasteiger partial charge in [-0.2, -0.15) is 0 Å². The lowest BCUT2D eigenvalue weighted by Gasteiger charge is -2.30. The van der Waals surface area contributed by atoms with E-state index in [-0.39, 0.29) is 0 Å². The summed E-state index contributed by atoms with van der Waals surface area (Å²) in [6.07, 6.45) is 0. The fraction of sp³-hybridized carbons (Fsp3) is 0.0532. The Morgan fingerprint density at radius 1 is 0.228 bits per heavy atom. The molecule has 0 radical (unpaired) electrons. The van der Waals surface area contributed by atoms with Gasteiger partial charge in [0.1, 0.15) is 28.7 Å². The fourth-order valence-electron chi connectivity index (χ4n) is 13.6. The summed E-state index contributed by atoms with van der Waals surface area (Å²) in [5, 5.41) is 0. The van der Waals surface area contributed by atoms with Crippen molar-refractivity contribution in [2.75, 3.05) is 0 Å². The third-order valence-electron chi connectivity index (χ3n) is 17.8. The van der Waals surface area contributed by atoms with Crippen LogP contribution in [-0.4, -0.2) is 17.9 Å². The zero-order chi connectivity index (χ0) is 69.3. The summed E-state index contributed by atoms with van der Waals surface area (Å²) in [5.74, 6) is 8.67. The molecule has 0 saturated heterocycles. The Morgan fingerprint density at radius 2 is 0.455 bits per heavy atom. The second-order valence-corrected chi connectivity index (χ2v) is 24.8. The third-order valence-corrected chi connectivity index (χ3v) is 17.8. The average Bonchev–Trinajstić information content (AvgIpc) is 0.717. The molecule has 0 heterocycles. The Kier molecular flexibility index (Phi) is 18.9. The van der Waals surface area contributed by atoms with Crippen molar-refractivity contribution in [1.82, 2.24) is 0 Å². The molecule has 14 rings (SSSR count).